The van der Waals surface area contributed by atoms with Crippen LogP contribution in [0.3, 0.4) is 0 Å². The summed E-state index contributed by atoms with van der Waals surface area (Å²) in [6.07, 6.45) is 4.12. The Morgan fingerprint density at radius 3 is 2.46 bits per heavy atom. The first kappa shape index (κ1) is 26.2. The number of rotatable bonds is 6. The van der Waals surface area contributed by atoms with E-state index in [4.69, 9.17) is 0 Å². The number of carbonyl (C=O) groups is 2. The van der Waals surface area contributed by atoms with E-state index < -0.39 is 11.7 Å². The van der Waals surface area contributed by atoms with Gasteiger partial charge in [0.2, 0.25) is 5.91 Å². The second-order valence-corrected chi connectivity index (χ2v) is 9.35. The minimum atomic E-state index is -4.48. The minimum Gasteiger partial charge on any atom is -0.343 e. The van der Waals surface area contributed by atoms with Gasteiger partial charge in [0.1, 0.15) is 0 Å². The normalized spacial score (nSPS) is 15.9. The molecule has 1 amide bonds. The summed E-state index contributed by atoms with van der Waals surface area (Å²) in [6, 6.07) is 4.31. The zero-order valence-corrected chi connectivity index (χ0v) is 21.1. The number of halogens is 3. The van der Waals surface area contributed by atoms with Crippen molar-refractivity contribution in [2.45, 2.75) is 58.7 Å². The Kier molecular flexibility index (Phi) is 7.29. The molecule has 194 valence electrons. The Hall–Kier alpha value is -3.82. The van der Waals surface area contributed by atoms with Gasteiger partial charge < -0.3 is 4.90 Å². The van der Waals surface area contributed by atoms with Crippen LogP contribution in [0, 0.1) is 13.8 Å². The Balaban J connectivity index is 1.46. The van der Waals surface area contributed by atoms with Crippen LogP contribution in [0.4, 0.5) is 13.2 Å². The van der Waals surface area contributed by atoms with Crippen molar-refractivity contribution >= 4 is 17.3 Å². The number of hydrogen-bond acceptors (Lipinski definition) is 5. The number of aryl methyl sites for hydroxylation is 1. The summed E-state index contributed by atoms with van der Waals surface area (Å²) in [5.41, 5.74) is 3.79. The standard InChI is InChI=1S/C27H28F3N5O2/c1-16-11-19(13-32-26(16)20-5-8-22(9-6-20)34(4)18(3)36)12-24(37)23-15-33-35(17(23)2)25-10-7-21(14-31-25)27(28,29)30/h5,7,10-11,13-15,22H,6,8-9,12H2,1-4H3. The molecule has 0 fully saturated rings. The summed E-state index contributed by atoms with van der Waals surface area (Å²) < 4.78 is 39.8. The highest BCUT2D eigenvalue weighted by Gasteiger charge is 2.31. The molecule has 0 aromatic carbocycles. The van der Waals surface area contributed by atoms with Crippen LogP contribution in [0.25, 0.3) is 11.4 Å². The van der Waals surface area contributed by atoms with Gasteiger partial charge in [-0.3, -0.25) is 14.6 Å². The van der Waals surface area contributed by atoms with E-state index in [1.54, 1.807) is 24.9 Å². The van der Waals surface area contributed by atoms with Gasteiger partial charge in [-0.2, -0.15) is 18.3 Å². The quantitative estimate of drug-likeness (QED) is 0.428. The third-order valence-corrected chi connectivity index (χ3v) is 6.83. The van der Waals surface area contributed by atoms with E-state index in [-0.39, 0.29) is 30.0 Å². The van der Waals surface area contributed by atoms with Crippen molar-refractivity contribution in [3.63, 3.8) is 0 Å². The molecule has 37 heavy (non-hydrogen) atoms. The molecule has 1 aliphatic rings. The van der Waals surface area contributed by atoms with Crippen molar-refractivity contribution in [3.05, 3.63) is 76.5 Å². The van der Waals surface area contributed by atoms with Crippen LogP contribution in [0.2, 0.25) is 0 Å². The third kappa shape index (κ3) is 5.63. The average molecular weight is 512 g/mol. The topological polar surface area (TPSA) is 81.0 Å². The first-order valence-corrected chi connectivity index (χ1v) is 12.0. The maximum absolute atomic E-state index is 13.0. The maximum atomic E-state index is 13.0. The number of alkyl halides is 3. The molecule has 0 saturated heterocycles. The number of aromatic nitrogens is 4. The molecule has 0 N–H and O–H groups in total. The van der Waals surface area contributed by atoms with Crippen LogP contribution in [-0.4, -0.2) is 49.4 Å². The number of pyridine rings is 2. The van der Waals surface area contributed by atoms with Crippen molar-refractivity contribution in [1.29, 1.82) is 0 Å². The zero-order valence-electron chi connectivity index (χ0n) is 21.1. The van der Waals surface area contributed by atoms with Crippen molar-refractivity contribution in [2.24, 2.45) is 0 Å². The number of Topliss-reactive ketones (excluding diaryl/α,β-unsaturated/α-hetero) is 1. The molecular weight excluding hydrogens is 483 g/mol. The Morgan fingerprint density at radius 1 is 1.14 bits per heavy atom. The first-order valence-electron chi connectivity index (χ1n) is 12.0. The van der Waals surface area contributed by atoms with E-state index in [1.807, 2.05) is 20.0 Å². The average Bonchev–Trinajstić information content (AvgIpc) is 3.24. The maximum Gasteiger partial charge on any atom is 0.417 e. The van der Waals surface area contributed by atoms with Gasteiger partial charge >= 0.3 is 6.18 Å². The van der Waals surface area contributed by atoms with Crippen molar-refractivity contribution < 1.29 is 22.8 Å². The van der Waals surface area contributed by atoms with Crippen molar-refractivity contribution in [3.8, 4) is 5.82 Å². The fourth-order valence-electron chi connectivity index (χ4n) is 4.58. The van der Waals surface area contributed by atoms with E-state index in [2.05, 4.69) is 21.1 Å². The number of ketones is 1. The van der Waals surface area contributed by atoms with E-state index in [0.29, 0.717) is 11.3 Å². The first-order chi connectivity index (χ1) is 17.5. The molecule has 0 spiro atoms. The molecule has 3 aromatic heterocycles. The highest BCUT2D eigenvalue weighted by Crippen LogP contribution is 2.31. The van der Waals surface area contributed by atoms with E-state index in [0.717, 1.165) is 53.9 Å². The van der Waals surface area contributed by atoms with Gasteiger partial charge in [-0.15, -0.1) is 0 Å². The van der Waals surface area contributed by atoms with Gasteiger partial charge in [-0.05, 0) is 61.9 Å². The molecule has 10 heteroatoms. The summed E-state index contributed by atoms with van der Waals surface area (Å²) in [6.45, 7) is 5.21. The largest absolute Gasteiger partial charge is 0.417 e. The lowest BCUT2D eigenvalue weighted by Crippen LogP contribution is -2.36. The predicted octanol–water partition coefficient (Wildman–Crippen LogP) is 5.14. The van der Waals surface area contributed by atoms with E-state index >= 15 is 0 Å². The number of nitrogens with zero attached hydrogens (tertiary/aromatic N) is 5. The monoisotopic (exact) mass is 511 g/mol. The molecule has 1 unspecified atom stereocenters. The molecule has 0 aliphatic heterocycles. The SMILES string of the molecule is CC(=O)N(C)C1CC=C(c2ncc(CC(=O)c3cnn(-c4ccc(C(F)(F)F)cn4)c3C)cc2C)CC1. The highest BCUT2D eigenvalue weighted by atomic mass is 19.4. The molecule has 3 aromatic rings. The number of hydrogen-bond donors (Lipinski definition) is 0. The zero-order chi connectivity index (χ0) is 26.9. The van der Waals surface area contributed by atoms with E-state index in [9.17, 15) is 22.8 Å². The fraction of sp³-hybridized carbons (Fsp3) is 0.370. The van der Waals surface area contributed by atoms with Crippen LogP contribution >= 0.6 is 0 Å². The molecule has 7 nitrogen and oxygen atoms in total. The smallest absolute Gasteiger partial charge is 0.343 e. The second-order valence-electron chi connectivity index (χ2n) is 9.35. The number of amides is 1. The Morgan fingerprint density at radius 2 is 1.89 bits per heavy atom. The van der Waals surface area contributed by atoms with Gasteiger partial charge in [-0.25, -0.2) is 9.67 Å². The number of allylic oxidation sites excluding steroid dienone is 1. The molecule has 1 aliphatic carbocycles. The molecule has 0 saturated carbocycles. The lowest BCUT2D eigenvalue weighted by atomic mass is 9.90. The summed E-state index contributed by atoms with van der Waals surface area (Å²) in [5, 5.41) is 4.17. The molecule has 0 bridgehead atoms. The lowest BCUT2D eigenvalue weighted by Gasteiger charge is -2.30. The fourth-order valence-corrected chi connectivity index (χ4v) is 4.58. The Bertz CT molecular complexity index is 1360. The second kappa shape index (κ2) is 10.3. The van der Waals surface area contributed by atoms with Crippen LogP contribution < -0.4 is 0 Å². The molecule has 3 heterocycles. The summed E-state index contributed by atoms with van der Waals surface area (Å²) in [7, 11) is 1.83. The predicted molar refractivity (Wildman–Crippen MR) is 132 cm³/mol. The highest BCUT2D eigenvalue weighted by molar-refractivity contribution is 5.98. The van der Waals surface area contributed by atoms with Gasteiger partial charge in [0.15, 0.2) is 11.6 Å². The Labute approximate surface area is 213 Å². The number of carbonyl (C=O) groups excluding carboxylic acids is 2. The van der Waals surface area contributed by atoms with Gasteiger partial charge in [0.25, 0.3) is 0 Å². The molecular formula is C27H28F3N5O2. The third-order valence-electron chi connectivity index (χ3n) is 6.83. The van der Waals surface area contributed by atoms with Crippen molar-refractivity contribution in [2.75, 3.05) is 7.05 Å². The molecule has 0 radical (unpaired) electrons. The lowest BCUT2D eigenvalue weighted by molar-refractivity contribution is -0.137. The molecule has 4 rings (SSSR count). The van der Waals surface area contributed by atoms with Crippen LogP contribution in [-0.2, 0) is 17.4 Å². The van der Waals surface area contributed by atoms with Crippen LogP contribution in [0.1, 0.15) is 64.6 Å². The van der Waals surface area contributed by atoms with Gasteiger partial charge in [0, 0.05) is 38.8 Å². The van der Waals surface area contributed by atoms with Crippen molar-refractivity contribution in [1.82, 2.24) is 24.6 Å². The van der Waals surface area contributed by atoms with E-state index in [1.165, 1.54) is 16.9 Å². The minimum absolute atomic E-state index is 0.0570. The summed E-state index contributed by atoms with van der Waals surface area (Å²) >= 11 is 0. The van der Waals surface area contributed by atoms with Crippen LogP contribution in [0.15, 0.2) is 42.9 Å². The van der Waals surface area contributed by atoms with Crippen LogP contribution in [0.5, 0.6) is 0 Å². The van der Waals surface area contributed by atoms with Gasteiger partial charge in [0.05, 0.1) is 28.7 Å². The van der Waals surface area contributed by atoms with Gasteiger partial charge in [-0.1, -0.05) is 12.1 Å². The summed E-state index contributed by atoms with van der Waals surface area (Å²) in [5.74, 6) is 0.0853. The molecule has 1 atom stereocenters. The summed E-state index contributed by atoms with van der Waals surface area (Å²) in [4.78, 5) is 34.9.